The minimum atomic E-state index is -0.692. The first-order valence-electron chi connectivity index (χ1n) is 8.61. The number of allylic oxidation sites excluding steroid dienone is 1. The molecular formula is C22H16N2O4. The summed E-state index contributed by atoms with van der Waals surface area (Å²) >= 11 is 0. The zero-order valence-electron chi connectivity index (χ0n) is 14.8. The second-order valence-corrected chi connectivity index (χ2v) is 6.22. The SMILES string of the molecule is C=CCOc1ccc([C@H]2C(C#N)=C(N)Oc3c2c(=O)oc2ccccc32)cc1. The summed E-state index contributed by atoms with van der Waals surface area (Å²) in [5.41, 5.74) is 6.99. The van der Waals surface area contributed by atoms with Crippen molar-refractivity contribution in [2.24, 2.45) is 5.73 Å². The van der Waals surface area contributed by atoms with Crippen molar-refractivity contribution in [3.8, 4) is 17.6 Å². The Hall–Kier alpha value is -3.98. The number of para-hydroxylation sites is 1. The van der Waals surface area contributed by atoms with Gasteiger partial charge in [-0.25, -0.2) is 4.79 Å². The first kappa shape index (κ1) is 17.4. The van der Waals surface area contributed by atoms with Gasteiger partial charge in [-0.15, -0.1) is 0 Å². The Morgan fingerprint density at radius 1 is 1.21 bits per heavy atom. The molecule has 0 aliphatic carbocycles. The summed E-state index contributed by atoms with van der Waals surface area (Å²) in [6.07, 6.45) is 1.65. The van der Waals surface area contributed by atoms with Gasteiger partial charge in [0.1, 0.15) is 29.6 Å². The topological polar surface area (TPSA) is 98.5 Å². The van der Waals surface area contributed by atoms with Gasteiger partial charge in [-0.3, -0.25) is 0 Å². The second-order valence-electron chi connectivity index (χ2n) is 6.22. The van der Waals surface area contributed by atoms with Crippen molar-refractivity contribution in [1.29, 1.82) is 5.26 Å². The minimum absolute atomic E-state index is 0.0252. The average Bonchev–Trinajstić information content (AvgIpc) is 2.72. The van der Waals surface area contributed by atoms with Crippen LogP contribution in [0.4, 0.5) is 0 Å². The zero-order chi connectivity index (χ0) is 19.7. The van der Waals surface area contributed by atoms with Crippen LogP contribution in [0.2, 0.25) is 0 Å². The third-order valence-electron chi connectivity index (χ3n) is 4.56. The molecule has 0 unspecified atom stereocenters. The van der Waals surface area contributed by atoms with Crippen molar-refractivity contribution in [3.05, 3.63) is 94.2 Å². The number of nitrogens with two attached hydrogens (primary N) is 1. The molecule has 0 bridgehead atoms. The fourth-order valence-corrected chi connectivity index (χ4v) is 3.31. The van der Waals surface area contributed by atoms with E-state index >= 15 is 0 Å². The normalized spacial score (nSPS) is 15.5. The van der Waals surface area contributed by atoms with Gasteiger partial charge in [0.05, 0.1) is 16.9 Å². The van der Waals surface area contributed by atoms with Gasteiger partial charge in [-0.2, -0.15) is 5.26 Å². The zero-order valence-corrected chi connectivity index (χ0v) is 14.8. The molecule has 2 aromatic carbocycles. The fourth-order valence-electron chi connectivity index (χ4n) is 3.31. The Morgan fingerprint density at radius 3 is 2.68 bits per heavy atom. The number of hydrogen-bond donors (Lipinski definition) is 1. The summed E-state index contributed by atoms with van der Waals surface area (Å²) in [5.74, 6) is 0.253. The summed E-state index contributed by atoms with van der Waals surface area (Å²) in [5, 5.41) is 10.3. The van der Waals surface area contributed by atoms with Gasteiger partial charge in [-0.1, -0.05) is 36.9 Å². The predicted molar refractivity (Wildman–Crippen MR) is 104 cm³/mol. The monoisotopic (exact) mass is 372 g/mol. The van der Waals surface area contributed by atoms with Crippen molar-refractivity contribution in [3.63, 3.8) is 0 Å². The highest BCUT2D eigenvalue weighted by molar-refractivity contribution is 5.86. The molecule has 6 heteroatoms. The summed E-state index contributed by atoms with van der Waals surface area (Å²) in [6.45, 7) is 4.00. The molecule has 1 aliphatic heterocycles. The molecule has 4 rings (SSSR count). The van der Waals surface area contributed by atoms with E-state index in [0.29, 0.717) is 34.6 Å². The van der Waals surface area contributed by atoms with Gasteiger partial charge < -0.3 is 19.6 Å². The van der Waals surface area contributed by atoms with E-state index in [4.69, 9.17) is 19.6 Å². The van der Waals surface area contributed by atoms with E-state index in [9.17, 15) is 10.1 Å². The number of ether oxygens (including phenoxy) is 2. The van der Waals surface area contributed by atoms with Crippen LogP contribution in [0.1, 0.15) is 17.0 Å². The van der Waals surface area contributed by atoms with Crippen LogP contribution in [0.5, 0.6) is 11.5 Å². The maximum absolute atomic E-state index is 12.8. The summed E-state index contributed by atoms with van der Waals surface area (Å²) in [7, 11) is 0. The highest BCUT2D eigenvalue weighted by Gasteiger charge is 2.35. The van der Waals surface area contributed by atoms with Crippen molar-refractivity contribution >= 4 is 11.0 Å². The standard InChI is InChI=1S/C22H16N2O4/c1-2-11-26-14-9-7-13(8-10-14)18-16(12-23)21(24)28-20-15-5-3-4-6-17(15)27-22(25)19(18)20/h2-10,18H,1,11,24H2/t18-/m0/s1. The minimum Gasteiger partial charge on any atom is -0.490 e. The van der Waals surface area contributed by atoms with E-state index in [1.165, 1.54) is 0 Å². The number of fused-ring (bicyclic) bond motifs is 3. The molecule has 1 atom stereocenters. The molecule has 138 valence electrons. The van der Waals surface area contributed by atoms with E-state index < -0.39 is 11.5 Å². The molecule has 0 fully saturated rings. The van der Waals surface area contributed by atoms with Crippen molar-refractivity contribution in [2.45, 2.75) is 5.92 Å². The maximum atomic E-state index is 12.8. The molecule has 0 saturated carbocycles. The first-order valence-corrected chi connectivity index (χ1v) is 8.61. The van der Waals surface area contributed by atoms with E-state index in [1.807, 2.05) is 6.07 Å². The second kappa shape index (κ2) is 6.97. The molecule has 2 N–H and O–H groups in total. The molecule has 0 saturated heterocycles. The lowest BCUT2D eigenvalue weighted by molar-refractivity contribution is 0.363. The highest BCUT2D eigenvalue weighted by atomic mass is 16.5. The summed E-state index contributed by atoms with van der Waals surface area (Å²) in [6, 6.07) is 16.2. The molecular weight excluding hydrogens is 356 g/mol. The van der Waals surface area contributed by atoms with Gasteiger partial charge in [0.2, 0.25) is 5.88 Å². The van der Waals surface area contributed by atoms with Gasteiger partial charge in [0.25, 0.3) is 0 Å². The van der Waals surface area contributed by atoms with Crippen LogP contribution in [0.3, 0.4) is 0 Å². The van der Waals surface area contributed by atoms with Gasteiger partial charge >= 0.3 is 5.63 Å². The lowest BCUT2D eigenvalue weighted by Crippen LogP contribution is -2.26. The quantitative estimate of drug-likeness (QED) is 0.555. The molecule has 6 nitrogen and oxygen atoms in total. The number of benzene rings is 2. The van der Waals surface area contributed by atoms with Crippen LogP contribution in [0.15, 0.2) is 81.9 Å². The van der Waals surface area contributed by atoms with E-state index in [2.05, 4.69) is 12.6 Å². The van der Waals surface area contributed by atoms with Crippen LogP contribution >= 0.6 is 0 Å². The number of rotatable bonds is 4. The van der Waals surface area contributed by atoms with Crippen LogP contribution in [0, 0.1) is 11.3 Å². The van der Waals surface area contributed by atoms with Crippen LogP contribution in [-0.2, 0) is 0 Å². The number of hydrogen-bond acceptors (Lipinski definition) is 6. The van der Waals surface area contributed by atoms with Crippen LogP contribution in [0.25, 0.3) is 11.0 Å². The fraction of sp³-hybridized carbons (Fsp3) is 0.0909. The van der Waals surface area contributed by atoms with Crippen LogP contribution < -0.4 is 20.8 Å². The Balaban J connectivity index is 1.92. The molecule has 0 spiro atoms. The van der Waals surface area contributed by atoms with E-state index in [0.717, 1.165) is 0 Å². The Kier molecular flexibility index (Phi) is 4.34. The lowest BCUT2D eigenvalue weighted by atomic mass is 9.84. The number of nitriles is 1. The third-order valence-corrected chi connectivity index (χ3v) is 4.56. The molecule has 3 aromatic rings. The molecule has 0 radical (unpaired) electrons. The molecule has 0 amide bonds. The molecule has 2 heterocycles. The number of nitrogens with zero attached hydrogens (tertiary/aromatic N) is 1. The largest absolute Gasteiger partial charge is 0.490 e. The van der Waals surface area contributed by atoms with Crippen molar-refractivity contribution < 1.29 is 13.9 Å². The van der Waals surface area contributed by atoms with Crippen LogP contribution in [-0.4, -0.2) is 6.61 Å². The van der Waals surface area contributed by atoms with E-state index in [1.54, 1.807) is 48.5 Å². The van der Waals surface area contributed by atoms with E-state index in [-0.39, 0.29) is 17.0 Å². The molecule has 28 heavy (non-hydrogen) atoms. The van der Waals surface area contributed by atoms with Gasteiger partial charge in [-0.05, 0) is 29.8 Å². The third kappa shape index (κ3) is 2.79. The molecule has 1 aliphatic rings. The van der Waals surface area contributed by atoms with Gasteiger partial charge in [0.15, 0.2) is 5.75 Å². The summed E-state index contributed by atoms with van der Waals surface area (Å²) in [4.78, 5) is 12.8. The first-order chi connectivity index (χ1) is 13.6. The Labute approximate surface area is 160 Å². The average molecular weight is 372 g/mol. The van der Waals surface area contributed by atoms with Crippen molar-refractivity contribution in [1.82, 2.24) is 0 Å². The predicted octanol–water partition coefficient (Wildman–Crippen LogP) is 3.58. The smallest absolute Gasteiger partial charge is 0.344 e. The van der Waals surface area contributed by atoms with Gasteiger partial charge in [0, 0.05) is 0 Å². The Bertz CT molecular complexity index is 1200. The Morgan fingerprint density at radius 2 is 1.96 bits per heavy atom. The summed E-state index contributed by atoms with van der Waals surface area (Å²) < 4.78 is 16.7. The molecule has 1 aromatic heterocycles. The highest BCUT2D eigenvalue weighted by Crippen LogP contribution is 2.43. The van der Waals surface area contributed by atoms with Crippen molar-refractivity contribution in [2.75, 3.05) is 6.61 Å². The lowest BCUT2D eigenvalue weighted by Gasteiger charge is -2.26. The maximum Gasteiger partial charge on any atom is 0.344 e.